The van der Waals surface area contributed by atoms with Crippen molar-refractivity contribution in [3.05, 3.63) is 23.8 Å². The minimum atomic E-state index is -4.31. The van der Waals surface area contributed by atoms with Gasteiger partial charge in [-0.2, -0.15) is 8.78 Å². The molecule has 0 aliphatic heterocycles. The molecular weight excluding hydrogens is 270 g/mol. The summed E-state index contributed by atoms with van der Waals surface area (Å²) < 4.78 is 58.6. The zero-order valence-corrected chi connectivity index (χ0v) is 9.83. The van der Waals surface area contributed by atoms with Gasteiger partial charge in [0, 0.05) is 0 Å². The largest absolute Gasteiger partial charge is 0.497 e. The molecule has 1 amide bonds. The average molecular weight is 281 g/mol. The molecule has 1 aromatic rings. The number of amides is 1. The number of nitrogens with two attached hydrogens (primary N) is 1. The third kappa shape index (κ3) is 3.73. The van der Waals surface area contributed by atoms with Crippen LogP contribution in [0.3, 0.4) is 0 Å². The number of benzene rings is 1. The number of hydrogen-bond acceptors (Lipinski definition) is 3. The monoisotopic (exact) mass is 281 g/mol. The minimum Gasteiger partial charge on any atom is -0.497 e. The average Bonchev–Trinajstić information content (AvgIpc) is 2.35. The molecule has 0 aliphatic carbocycles. The van der Waals surface area contributed by atoms with Crippen molar-refractivity contribution in [2.75, 3.05) is 13.7 Å². The molecule has 4 nitrogen and oxygen atoms in total. The van der Waals surface area contributed by atoms with Crippen molar-refractivity contribution < 1.29 is 31.8 Å². The number of carbonyl (C=O) groups is 1. The van der Waals surface area contributed by atoms with Crippen molar-refractivity contribution in [2.45, 2.75) is 12.3 Å². The Morgan fingerprint density at radius 3 is 2.53 bits per heavy atom. The number of rotatable bonds is 6. The van der Waals surface area contributed by atoms with Gasteiger partial charge in [0.1, 0.15) is 11.5 Å². The Morgan fingerprint density at radius 1 is 1.42 bits per heavy atom. The first-order valence-electron chi connectivity index (χ1n) is 5.04. The molecule has 0 atom stereocenters. The third-order valence-electron chi connectivity index (χ3n) is 2.19. The molecule has 1 aromatic carbocycles. The molecule has 0 heterocycles. The molecular formula is C11H11F4NO3. The number of primary amides is 1. The fourth-order valence-corrected chi connectivity index (χ4v) is 1.19. The van der Waals surface area contributed by atoms with Crippen LogP contribution in [-0.2, 0) is 0 Å². The molecule has 106 valence electrons. The number of alkyl halides is 4. The van der Waals surface area contributed by atoms with E-state index in [-0.39, 0.29) is 17.1 Å². The maximum atomic E-state index is 12.7. The van der Waals surface area contributed by atoms with Gasteiger partial charge < -0.3 is 15.2 Å². The zero-order chi connectivity index (χ0) is 14.6. The number of carbonyl (C=O) groups excluding carboxylic acids is 1. The van der Waals surface area contributed by atoms with Crippen LogP contribution < -0.4 is 15.2 Å². The molecule has 8 heteroatoms. The van der Waals surface area contributed by atoms with E-state index < -0.39 is 24.9 Å². The lowest BCUT2D eigenvalue weighted by Gasteiger charge is -2.17. The summed E-state index contributed by atoms with van der Waals surface area (Å²) in [5.74, 6) is -5.32. The van der Waals surface area contributed by atoms with E-state index in [4.69, 9.17) is 10.5 Å². The first-order chi connectivity index (χ1) is 8.77. The van der Waals surface area contributed by atoms with Gasteiger partial charge in [-0.05, 0) is 18.2 Å². The third-order valence-corrected chi connectivity index (χ3v) is 2.19. The van der Waals surface area contributed by atoms with E-state index in [9.17, 15) is 22.4 Å². The van der Waals surface area contributed by atoms with Gasteiger partial charge in [0.25, 0.3) is 5.91 Å². The summed E-state index contributed by atoms with van der Waals surface area (Å²) in [6.07, 6.45) is -3.86. The second kappa shape index (κ2) is 5.77. The summed E-state index contributed by atoms with van der Waals surface area (Å²) in [5, 5.41) is 0. The van der Waals surface area contributed by atoms with E-state index in [1.54, 1.807) is 0 Å². The highest BCUT2D eigenvalue weighted by atomic mass is 19.3. The highest BCUT2D eigenvalue weighted by molar-refractivity contribution is 5.96. The summed E-state index contributed by atoms with van der Waals surface area (Å²) in [4.78, 5) is 11.1. The van der Waals surface area contributed by atoms with Gasteiger partial charge in [0.15, 0.2) is 6.61 Å². The topological polar surface area (TPSA) is 61.6 Å². The molecule has 0 saturated carbocycles. The quantitative estimate of drug-likeness (QED) is 0.812. The highest BCUT2D eigenvalue weighted by Crippen LogP contribution is 2.28. The maximum absolute atomic E-state index is 12.7. The molecule has 19 heavy (non-hydrogen) atoms. The van der Waals surface area contributed by atoms with Gasteiger partial charge in [-0.1, -0.05) is 0 Å². The van der Waals surface area contributed by atoms with Crippen molar-refractivity contribution >= 4 is 5.91 Å². The van der Waals surface area contributed by atoms with Crippen molar-refractivity contribution in [1.29, 1.82) is 0 Å². The summed E-state index contributed by atoms with van der Waals surface area (Å²) in [6.45, 7) is -1.56. The normalized spacial score (nSPS) is 11.5. The Balaban J connectivity index is 2.92. The van der Waals surface area contributed by atoms with Gasteiger partial charge in [0.05, 0.1) is 12.7 Å². The van der Waals surface area contributed by atoms with Gasteiger partial charge in [-0.15, -0.1) is 0 Å². The van der Waals surface area contributed by atoms with E-state index in [2.05, 4.69) is 4.74 Å². The fraction of sp³-hybridized carbons (Fsp3) is 0.364. The van der Waals surface area contributed by atoms with Crippen molar-refractivity contribution in [2.24, 2.45) is 5.73 Å². The van der Waals surface area contributed by atoms with Crippen LogP contribution in [0.4, 0.5) is 17.6 Å². The SMILES string of the molecule is COc1ccc(OCC(F)(F)C(F)F)c(C(N)=O)c1. The Morgan fingerprint density at radius 2 is 2.05 bits per heavy atom. The first kappa shape index (κ1) is 15.1. The fourth-order valence-electron chi connectivity index (χ4n) is 1.19. The minimum absolute atomic E-state index is 0.232. The Labute approximate surface area is 106 Å². The van der Waals surface area contributed by atoms with Crippen LogP contribution in [0.5, 0.6) is 11.5 Å². The van der Waals surface area contributed by atoms with E-state index in [1.807, 2.05) is 0 Å². The van der Waals surface area contributed by atoms with E-state index >= 15 is 0 Å². The first-order valence-corrected chi connectivity index (χ1v) is 5.04. The van der Waals surface area contributed by atoms with Crippen LogP contribution in [0.1, 0.15) is 10.4 Å². The molecule has 1 rings (SSSR count). The standard InChI is InChI=1S/C11H11F4NO3/c1-18-6-2-3-8(7(4-6)9(16)17)19-5-11(14,15)10(12)13/h2-4,10H,5H2,1H3,(H2,16,17). The number of ether oxygens (including phenoxy) is 2. The lowest BCUT2D eigenvalue weighted by molar-refractivity contribution is -0.148. The predicted molar refractivity (Wildman–Crippen MR) is 58.0 cm³/mol. The van der Waals surface area contributed by atoms with Crippen LogP contribution in [0, 0.1) is 0 Å². The zero-order valence-electron chi connectivity index (χ0n) is 9.83. The number of hydrogen-bond donors (Lipinski definition) is 1. The Hall–Kier alpha value is -1.99. The van der Waals surface area contributed by atoms with Crippen LogP contribution in [0.15, 0.2) is 18.2 Å². The second-order valence-corrected chi connectivity index (χ2v) is 3.58. The molecule has 2 N–H and O–H groups in total. The van der Waals surface area contributed by atoms with E-state index in [0.29, 0.717) is 0 Å². The van der Waals surface area contributed by atoms with Crippen LogP contribution >= 0.6 is 0 Å². The van der Waals surface area contributed by atoms with Gasteiger partial charge in [-0.25, -0.2) is 8.78 Å². The lowest BCUT2D eigenvalue weighted by atomic mass is 10.2. The van der Waals surface area contributed by atoms with Crippen LogP contribution in [0.25, 0.3) is 0 Å². The maximum Gasteiger partial charge on any atom is 0.340 e. The second-order valence-electron chi connectivity index (χ2n) is 3.58. The van der Waals surface area contributed by atoms with Gasteiger partial charge >= 0.3 is 12.3 Å². The molecule has 0 aromatic heterocycles. The summed E-state index contributed by atoms with van der Waals surface area (Å²) in [7, 11) is 1.32. The molecule has 0 bridgehead atoms. The van der Waals surface area contributed by atoms with Crippen molar-refractivity contribution in [1.82, 2.24) is 0 Å². The van der Waals surface area contributed by atoms with E-state index in [0.717, 1.165) is 12.1 Å². The highest BCUT2D eigenvalue weighted by Gasteiger charge is 2.41. The molecule has 0 fully saturated rings. The number of methoxy groups -OCH3 is 1. The van der Waals surface area contributed by atoms with Gasteiger partial charge in [-0.3, -0.25) is 4.79 Å². The molecule has 0 radical (unpaired) electrons. The van der Waals surface area contributed by atoms with Crippen LogP contribution in [0.2, 0.25) is 0 Å². The Bertz CT molecular complexity index is 465. The molecule has 0 spiro atoms. The van der Waals surface area contributed by atoms with Gasteiger partial charge in [0.2, 0.25) is 0 Å². The Kier molecular flexibility index (Phi) is 4.57. The smallest absolute Gasteiger partial charge is 0.340 e. The summed E-state index contributed by atoms with van der Waals surface area (Å²) in [6, 6.07) is 3.63. The predicted octanol–water partition coefficient (Wildman–Crippen LogP) is 2.07. The van der Waals surface area contributed by atoms with Crippen LogP contribution in [-0.4, -0.2) is 32.0 Å². The summed E-state index contributed by atoms with van der Waals surface area (Å²) in [5.41, 5.74) is 4.80. The molecule has 0 unspecified atom stereocenters. The van der Waals surface area contributed by atoms with Crippen molar-refractivity contribution in [3.8, 4) is 11.5 Å². The molecule has 0 saturated heterocycles. The summed E-state index contributed by atoms with van der Waals surface area (Å²) >= 11 is 0. The lowest BCUT2D eigenvalue weighted by Crippen LogP contribution is -2.34. The van der Waals surface area contributed by atoms with Crippen molar-refractivity contribution in [3.63, 3.8) is 0 Å². The van der Waals surface area contributed by atoms with E-state index in [1.165, 1.54) is 13.2 Å². The number of halogens is 4. The molecule has 0 aliphatic rings.